The molecule has 0 bridgehead atoms. The lowest BCUT2D eigenvalue weighted by atomic mass is 10.0. The van der Waals surface area contributed by atoms with Crippen molar-refractivity contribution in [3.8, 4) is 0 Å². The van der Waals surface area contributed by atoms with Crippen LogP contribution in [-0.4, -0.2) is 35.6 Å². The molecular weight excluding hydrogens is 474 g/mol. The number of nitrogens with zero attached hydrogens (tertiary/aromatic N) is 2. The third kappa shape index (κ3) is 6.11. The van der Waals surface area contributed by atoms with Gasteiger partial charge in [-0.3, -0.25) is 9.69 Å². The van der Waals surface area contributed by atoms with Crippen LogP contribution in [0.4, 0.5) is 32.0 Å². The molecule has 0 saturated carbocycles. The van der Waals surface area contributed by atoms with E-state index < -0.39 is 35.5 Å². The van der Waals surface area contributed by atoms with Crippen molar-refractivity contribution in [2.24, 2.45) is 0 Å². The van der Waals surface area contributed by atoms with Gasteiger partial charge in [0.05, 0.1) is 21.8 Å². The number of hydrogen-bond donors (Lipinski definition) is 1. The number of aliphatic carboxylic acids is 1. The molecule has 1 aliphatic rings. The van der Waals surface area contributed by atoms with Gasteiger partial charge in [0.2, 0.25) is 0 Å². The first kappa shape index (κ1) is 25.2. The molecule has 0 aromatic heterocycles. The van der Waals surface area contributed by atoms with Crippen molar-refractivity contribution in [3.05, 3.63) is 63.7 Å². The summed E-state index contributed by atoms with van der Waals surface area (Å²) in [6.07, 6.45) is -8.52. The van der Waals surface area contributed by atoms with Crippen LogP contribution < -0.4 is 4.90 Å². The minimum Gasteiger partial charge on any atom is -0.480 e. The van der Waals surface area contributed by atoms with E-state index in [0.717, 1.165) is 12.0 Å². The lowest BCUT2D eigenvalue weighted by Crippen LogP contribution is -2.35. The summed E-state index contributed by atoms with van der Waals surface area (Å²) in [6, 6.07) is 5.84. The second kappa shape index (κ2) is 9.42. The zero-order chi connectivity index (χ0) is 24.6. The van der Waals surface area contributed by atoms with E-state index in [2.05, 4.69) is 0 Å². The summed E-state index contributed by atoms with van der Waals surface area (Å²) < 4.78 is 78.6. The van der Waals surface area contributed by atoms with Gasteiger partial charge >= 0.3 is 18.3 Å². The van der Waals surface area contributed by atoms with Gasteiger partial charge in [-0.15, -0.1) is 0 Å². The monoisotopic (exact) mass is 494 g/mol. The van der Waals surface area contributed by atoms with Crippen LogP contribution in [-0.2, 0) is 30.2 Å². The van der Waals surface area contributed by atoms with E-state index in [1.807, 2.05) is 4.90 Å². The third-order valence-electron chi connectivity index (χ3n) is 5.52. The average molecular weight is 495 g/mol. The molecule has 2 aromatic carbocycles. The SMILES string of the molecule is CN(Cc1cc(C(F)(F)F)cc(C(F)(F)F)c1)c1ccc(CN2CCCC2C(=O)O)cc1Cl. The Hall–Kier alpha value is -2.46. The molecule has 0 amide bonds. The number of likely N-dealkylation sites (tertiary alicyclic amines) is 1. The molecule has 0 aliphatic carbocycles. The smallest absolute Gasteiger partial charge is 0.416 e. The molecule has 4 nitrogen and oxygen atoms in total. The highest BCUT2D eigenvalue weighted by Crippen LogP contribution is 2.37. The van der Waals surface area contributed by atoms with Gasteiger partial charge in [-0.05, 0) is 60.8 Å². The van der Waals surface area contributed by atoms with E-state index >= 15 is 0 Å². The number of halogens is 7. The Labute approximate surface area is 191 Å². The molecule has 3 rings (SSSR count). The van der Waals surface area contributed by atoms with Crippen molar-refractivity contribution in [1.29, 1.82) is 0 Å². The van der Waals surface area contributed by atoms with E-state index in [1.54, 1.807) is 18.2 Å². The molecule has 1 aliphatic heterocycles. The van der Waals surface area contributed by atoms with Crippen LogP contribution in [0.3, 0.4) is 0 Å². The summed E-state index contributed by atoms with van der Waals surface area (Å²) in [5, 5.41) is 9.55. The van der Waals surface area contributed by atoms with Gasteiger partial charge in [0, 0.05) is 20.1 Å². The number of carboxylic acid groups (broad SMARTS) is 1. The van der Waals surface area contributed by atoms with Crippen LogP contribution in [0.25, 0.3) is 0 Å². The van der Waals surface area contributed by atoms with Crippen LogP contribution in [0.5, 0.6) is 0 Å². The second-order valence-electron chi connectivity index (χ2n) is 8.02. The molecule has 2 aromatic rings. The van der Waals surface area contributed by atoms with Crippen LogP contribution in [0.15, 0.2) is 36.4 Å². The fourth-order valence-electron chi connectivity index (χ4n) is 3.96. The summed E-state index contributed by atoms with van der Waals surface area (Å²) in [7, 11) is 1.51. The third-order valence-corrected chi connectivity index (χ3v) is 5.83. The van der Waals surface area contributed by atoms with Gasteiger partial charge in [0.25, 0.3) is 0 Å². The van der Waals surface area contributed by atoms with E-state index in [0.29, 0.717) is 37.3 Å². The van der Waals surface area contributed by atoms with Crippen LogP contribution in [0.2, 0.25) is 5.02 Å². The molecule has 33 heavy (non-hydrogen) atoms. The molecule has 0 radical (unpaired) electrons. The Morgan fingerprint density at radius 3 is 2.18 bits per heavy atom. The summed E-state index contributed by atoms with van der Waals surface area (Å²) in [5.41, 5.74) is -1.74. The summed E-state index contributed by atoms with van der Waals surface area (Å²) in [5.74, 6) is -0.894. The van der Waals surface area contributed by atoms with Crippen molar-refractivity contribution in [1.82, 2.24) is 4.90 Å². The lowest BCUT2D eigenvalue weighted by Gasteiger charge is -2.24. The minimum atomic E-state index is -4.92. The highest BCUT2D eigenvalue weighted by atomic mass is 35.5. The maximum absolute atomic E-state index is 13.1. The molecule has 1 atom stereocenters. The number of alkyl halides is 6. The Morgan fingerprint density at radius 2 is 1.67 bits per heavy atom. The predicted molar refractivity (Wildman–Crippen MR) is 111 cm³/mol. The first-order chi connectivity index (χ1) is 15.3. The number of anilines is 1. The molecule has 1 heterocycles. The standard InChI is InChI=1S/C22H21ClF6N2O2/c1-30(11-14-7-15(21(24,25)26)10-16(8-14)22(27,28)29)18-5-4-13(9-17(18)23)12-31-6-2-3-19(31)20(32)33/h4-5,7-10,19H,2-3,6,11-12H2,1H3,(H,32,33). The Kier molecular flexibility index (Phi) is 7.18. The number of rotatable bonds is 6. The minimum absolute atomic E-state index is 0.0913. The molecule has 180 valence electrons. The molecule has 1 saturated heterocycles. The Bertz CT molecular complexity index is 993. The van der Waals surface area contributed by atoms with Gasteiger partial charge in [0.15, 0.2) is 0 Å². The number of carbonyl (C=O) groups is 1. The van der Waals surface area contributed by atoms with Crippen LogP contribution in [0.1, 0.15) is 35.1 Å². The van der Waals surface area contributed by atoms with Gasteiger partial charge in [0.1, 0.15) is 6.04 Å². The summed E-state index contributed by atoms with van der Waals surface area (Å²) >= 11 is 6.35. The van der Waals surface area contributed by atoms with Crippen LogP contribution >= 0.6 is 11.6 Å². The summed E-state index contributed by atoms with van der Waals surface area (Å²) in [4.78, 5) is 14.6. The van der Waals surface area contributed by atoms with Crippen molar-refractivity contribution >= 4 is 23.3 Å². The van der Waals surface area contributed by atoms with Crippen molar-refractivity contribution < 1.29 is 36.2 Å². The second-order valence-corrected chi connectivity index (χ2v) is 8.43. The van der Waals surface area contributed by atoms with Crippen LogP contribution in [0, 0.1) is 0 Å². The van der Waals surface area contributed by atoms with Gasteiger partial charge in [-0.25, -0.2) is 0 Å². The number of carboxylic acids is 1. The quantitative estimate of drug-likeness (QED) is 0.496. The highest BCUT2D eigenvalue weighted by Gasteiger charge is 2.37. The van der Waals surface area contributed by atoms with Crippen molar-refractivity contribution in [3.63, 3.8) is 0 Å². The molecular formula is C22H21ClF6N2O2. The van der Waals surface area contributed by atoms with E-state index in [9.17, 15) is 36.2 Å². The van der Waals surface area contributed by atoms with Crippen molar-refractivity contribution in [2.75, 3.05) is 18.5 Å². The van der Waals surface area contributed by atoms with Gasteiger partial charge < -0.3 is 10.0 Å². The Morgan fingerprint density at radius 1 is 1.06 bits per heavy atom. The Balaban J connectivity index is 1.80. The van der Waals surface area contributed by atoms with E-state index in [4.69, 9.17) is 11.6 Å². The largest absolute Gasteiger partial charge is 0.480 e. The molecule has 1 N–H and O–H groups in total. The zero-order valence-electron chi connectivity index (χ0n) is 17.5. The lowest BCUT2D eigenvalue weighted by molar-refractivity contribution is -0.144. The normalized spacial score (nSPS) is 17.4. The average Bonchev–Trinajstić information content (AvgIpc) is 3.14. The number of hydrogen-bond acceptors (Lipinski definition) is 3. The molecule has 1 unspecified atom stereocenters. The summed E-state index contributed by atoms with van der Waals surface area (Å²) in [6.45, 7) is 0.760. The fraction of sp³-hybridized carbons (Fsp3) is 0.409. The predicted octanol–water partition coefficient (Wildman–Crippen LogP) is 6.06. The fourth-order valence-corrected chi connectivity index (χ4v) is 4.30. The van der Waals surface area contributed by atoms with E-state index in [1.165, 1.54) is 11.9 Å². The van der Waals surface area contributed by atoms with Gasteiger partial charge in [-0.1, -0.05) is 17.7 Å². The van der Waals surface area contributed by atoms with E-state index in [-0.39, 0.29) is 23.2 Å². The molecule has 0 spiro atoms. The molecule has 11 heteroatoms. The highest BCUT2D eigenvalue weighted by molar-refractivity contribution is 6.33. The zero-order valence-corrected chi connectivity index (χ0v) is 18.2. The maximum atomic E-state index is 13.1. The first-order valence-corrected chi connectivity index (χ1v) is 10.4. The first-order valence-electron chi connectivity index (χ1n) is 10.0. The molecule has 1 fully saturated rings. The maximum Gasteiger partial charge on any atom is 0.416 e. The number of benzene rings is 2. The van der Waals surface area contributed by atoms with Crippen molar-refractivity contribution in [2.45, 2.75) is 44.3 Å². The topological polar surface area (TPSA) is 43.8 Å². The van der Waals surface area contributed by atoms with Gasteiger partial charge in [-0.2, -0.15) is 26.3 Å².